The van der Waals surface area contributed by atoms with Crippen molar-refractivity contribution in [2.24, 2.45) is 0 Å². The van der Waals surface area contributed by atoms with Crippen molar-refractivity contribution in [3.8, 4) is 0 Å². The van der Waals surface area contributed by atoms with Gasteiger partial charge in [-0.15, -0.1) is 0 Å². The Balaban J connectivity index is 0.00000385. The van der Waals surface area contributed by atoms with Gasteiger partial charge in [0.05, 0.1) is 17.1 Å². The molecule has 3 aromatic rings. The number of carbonyl (C=O) groups is 1. The first-order valence-electron chi connectivity index (χ1n) is 10.0. The van der Waals surface area contributed by atoms with Crippen LogP contribution >= 0.6 is 0 Å². The maximum Gasteiger partial charge on any atom is 1.00 e. The molecule has 0 spiro atoms. The number of nitrogens with zero attached hydrogens (tertiary/aromatic N) is 3. The number of esters is 1. The van der Waals surface area contributed by atoms with E-state index < -0.39 is 16.7 Å². The predicted molar refractivity (Wildman–Crippen MR) is 118 cm³/mol. The van der Waals surface area contributed by atoms with Crippen LogP contribution in [-0.2, 0) is 22.6 Å². The summed E-state index contributed by atoms with van der Waals surface area (Å²) in [4.78, 5) is 28.8. The second-order valence-corrected chi connectivity index (χ2v) is 6.91. The second-order valence-electron chi connectivity index (χ2n) is 6.91. The van der Waals surface area contributed by atoms with Gasteiger partial charge in [-0.3, -0.25) is 10.1 Å². The molecule has 0 N–H and O–H groups in total. The number of rotatable bonds is 9. The summed E-state index contributed by atoms with van der Waals surface area (Å²) < 4.78 is 4.70. The van der Waals surface area contributed by atoms with E-state index in [0.29, 0.717) is 18.9 Å². The van der Waals surface area contributed by atoms with Crippen molar-refractivity contribution < 1.29 is 70.9 Å². The van der Waals surface area contributed by atoms with Gasteiger partial charge in [0.15, 0.2) is 0 Å². The van der Waals surface area contributed by atoms with Crippen LogP contribution < -0.4 is 61.4 Å². The summed E-state index contributed by atoms with van der Waals surface area (Å²) in [6, 6.07) is 20.9. The first kappa shape index (κ1) is 26.7. The van der Waals surface area contributed by atoms with Crippen LogP contribution in [0.5, 0.6) is 0 Å². The smallest absolute Gasteiger partial charge is 0.868 e. The third-order valence-corrected chi connectivity index (χ3v) is 4.62. The van der Waals surface area contributed by atoms with Crippen LogP contribution in [0.25, 0.3) is 6.08 Å². The Kier molecular flexibility index (Phi) is 10.7. The van der Waals surface area contributed by atoms with Gasteiger partial charge in [0.1, 0.15) is 12.0 Å². The fourth-order valence-corrected chi connectivity index (χ4v) is 3.12. The maximum atomic E-state index is 12.2. The number of carbonyl (C=O) groups excluding carboxylic acids is 1. The van der Waals surface area contributed by atoms with E-state index in [-0.39, 0.29) is 69.2 Å². The number of pyridine rings is 1. The van der Waals surface area contributed by atoms with E-state index in [9.17, 15) is 20.0 Å². The Labute approximate surface area is 234 Å². The number of ether oxygens (including phenoxy) is 1. The molecule has 0 aliphatic heterocycles. The van der Waals surface area contributed by atoms with Crippen molar-refractivity contribution >= 4 is 23.6 Å². The van der Waals surface area contributed by atoms with Crippen molar-refractivity contribution in [3.05, 3.63) is 105 Å². The molecular weight excluding hydrogens is 449 g/mol. The summed E-state index contributed by atoms with van der Waals surface area (Å²) in [6.07, 6.45) is 2.02. The molecule has 3 rings (SSSR count). The molecule has 0 aliphatic rings. The molecule has 1 aromatic heterocycles. The van der Waals surface area contributed by atoms with Gasteiger partial charge in [0.2, 0.25) is 0 Å². The fourth-order valence-electron chi connectivity index (χ4n) is 3.12. The molecule has 0 fully saturated rings. The number of aromatic nitrogens is 1. The van der Waals surface area contributed by atoms with E-state index in [2.05, 4.69) is 4.98 Å². The molecule has 0 saturated carbocycles. The Bertz CT molecular complexity index is 1070. The standard InChI is InChI=1S/C24H23N3O5.K/c1-2-32-24(29)22(28)13-20-14-23(25-15-21(20)27(30)31)26(16-18-9-5-3-6-10-18)17-19-11-7-4-8-12-19;/h3-15,28H,2,16-17H2,1H3;/q;+1/p-1/b22-13+;. The van der Waals surface area contributed by atoms with Gasteiger partial charge in [0, 0.05) is 13.1 Å². The topological polar surface area (TPSA) is 109 Å². The van der Waals surface area contributed by atoms with Crippen LogP contribution in [0.1, 0.15) is 23.6 Å². The van der Waals surface area contributed by atoms with Gasteiger partial charge >= 0.3 is 57.4 Å². The molecule has 0 unspecified atom stereocenters. The minimum Gasteiger partial charge on any atom is -0.868 e. The summed E-state index contributed by atoms with van der Waals surface area (Å²) in [5.74, 6) is -1.60. The van der Waals surface area contributed by atoms with E-state index in [1.807, 2.05) is 65.6 Å². The van der Waals surface area contributed by atoms with Gasteiger partial charge in [0.25, 0.3) is 5.69 Å². The molecule has 33 heavy (non-hydrogen) atoms. The van der Waals surface area contributed by atoms with E-state index in [4.69, 9.17) is 4.74 Å². The second kappa shape index (κ2) is 13.2. The molecule has 9 heteroatoms. The molecule has 0 saturated heterocycles. The molecule has 2 aromatic carbocycles. The monoisotopic (exact) mass is 471 g/mol. The molecule has 0 bridgehead atoms. The van der Waals surface area contributed by atoms with Gasteiger partial charge in [-0.2, -0.15) is 0 Å². The maximum absolute atomic E-state index is 12.2. The first-order chi connectivity index (χ1) is 15.5. The van der Waals surface area contributed by atoms with Crippen LogP contribution in [0.4, 0.5) is 11.5 Å². The molecule has 1 heterocycles. The molecule has 0 atom stereocenters. The van der Waals surface area contributed by atoms with E-state index in [0.717, 1.165) is 23.4 Å². The largest absolute Gasteiger partial charge is 1.00 e. The number of nitro groups is 1. The van der Waals surface area contributed by atoms with Gasteiger partial charge < -0.3 is 14.7 Å². The molecular formula is C24H22KN3O5. The average Bonchev–Trinajstić information content (AvgIpc) is 2.80. The summed E-state index contributed by atoms with van der Waals surface area (Å²) in [5, 5.41) is 23.6. The Morgan fingerprint density at radius 2 is 1.61 bits per heavy atom. The Morgan fingerprint density at radius 3 is 2.09 bits per heavy atom. The van der Waals surface area contributed by atoms with Crippen molar-refractivity contribution in [3.63, 3.8) is 0 Å². The molecule has 0 radical (unpaired) electrons. The third kappa shape index (κ3) is 7.76. The van der Waals surface area contributed by atoms with Crippen LogP contribution in [0.2, 0.25) is 0 Å². The first-order valence-corrected chi connectivity index (χ1v) is 10.0. The van der Waals surface area contributed by atoms with Crippen molar-refractivity contribution in [1.29, 1.82) is 0 Å². The zero-order valence-electron chi connectivity index (χ0n) is 18.5. The van der Waals surface area contributed by atoms with Crippen molar-refractivity contribution in [2.75, 3.05) is 11.5 Å². The van der Waals surface area contributed by atoms with E-state index >= 15 is 0 Å². The van der Waals surface area contributed by atoms with E-state index in [1.165, 1.54) is 6.07 Å². The molecule has 0 amide bonds. The number of benzene rings is 2. The fraction of sp³-hybridized carbons (Fsp3) is 0.167. The number of hydrogen-bond donors (Lipinski definition) is 0. The Hall–Kier alpha value is -2.56. The normalized spacial score (nSPS) is 10.8. The Morgan fingerprint density at radius 1 is 1.06 bits per heavy atom. The predicted octanol–water partition coefficient (Wildman–Crippen LogP) is 0.465. The SMILES string of the molecule is CCOC(=O)/C([O-])=C\c1cc(N(Cc2ccccc2)Cc2ccccc2)ncc1[N+](=O)[O-].[K+]. The van der Waals surface area contributed by atoms with Crippen LogP contribution in [0.15, 0.2) is 78.7 Å². The summed E-state index contributed by atoms with van der Waals surface area (Å²) >= 11 is 0. The zero-order chi connectivity index (χ0) is 22.9. The van der Waals surface area contributed by atoms with E-state index in [1.54, 1.807) is 6.92 Å². The van der Waals surface area contributed by atoms with Crippen LogP contribution in [-0.4, -0.2) is 22.5 Å². The van der Waals surface area contributed by atoms with Crippen LogP contribution in [0.3, 0.4) is 0 Å². The number of hydrogen-bond acceptors (Lipinski definition) is 7. The van der Waals surface area contributed by atoms with Crippen molar-refractivity contribution in [1.82, 2.24) is 4.98 Å². The van der Waals surface area contributed by atoms with Gasteiger partial charge in [-0.1, -0.05) is 60.7 Å². The quantitative estimate of drug-likeness (QED) is 0.111. The molecule has 164 valence electrons. The summed E-state index contributed by atoms with van der Waals surface area (Å²) in [7, 11) is 0. The minimum absolute atomic E-state index is 0. The van der Waals surface area contributed by atoms with Gasteiger partial charge in [-0.25, -0.2) is 9.78 Å². The van der Waals surface area contributed by atoms with Gasteiger partial charge in [-0.05, 0) is 36.0 Å². The van der Waals surface area contributed by atoms with Crippen LogP contribution in [0, 0.1) is 10.1 Å². The molecule has 8 nitrogen and oxygen atoms in total. The number of anilines is 1. The summed E-state index contributed by atoms with van der Waals surface area (Å²) in [5.41, 5.74) is 1.67. The zero-order valence-corrected chi connectivity index (χ0v) is 21.6. The molecule has 0 aliphatic carbocycles. The average molecular weight is 472 g/mol. The van der Waals surface area contributed by atoms with Crippen molar-refractivity contribution in [2.45, 2.75) is 20.0 Å². The summed E-state index contributed by atoms with van der Waals surface area (Å²) in [6.45, 7) is 2.59. The third-order valence-electron chi connectivity index (χ3n) is 4.62. The minimum atomic E-state index is -1.06.